The molecule has 7 nitrogen and oxygen atoms in total. The van der Waals surface area contributed by atoms with E-state index >= 15 is 0 Å². The average molecular weight is 730 g/mol. The van der Waals surface area contributed by atoms with Gasteiger partial charge in [-0.2, -0.15) is 0 Å². The molecule has 0 amide bonds. The first-order chi connectivity index (χ1) is 27.6. The molecule has 56 heavy (non-hydrogen) atoms. The van der Waals surface area contributed by atoms with Gasteiger partial charge in [0.05, 0.1) is 22.1 Å². The summed E-state index contributed by atoms with van der Waals surface area (Å²) in [4.78, 5) is 25.6. The van der Waals surface area contributed by atoms with Gasteiger partial charge in [0.1, 0.15) is 23.3 Å². The van der Waals surface area contributed by atoms with E-state index in [0.29, 0.717) is 29.1 Å². The summed E-state index contributed by atoms with van der Waals surface area (Å²) in [5, 5.41) is 0. The zero-order chi connectivity index (χ0) is 37.6. The Bertz CT molecular complexity index is 2860. The van der Waals surface area contributed by atoms with E-state index < -0.39 is 0 Å². The Morgan fingerprint density at radius 3 is 1.16 bits per heavy atom. The number of para-hydroxylation sites is 4. The van der Waals surface area contributed by atoms with Crippen LogP contribution in [0.1, 0.15) is 0 Å². The number of nitrogens with zero attached hydrogens (tertiary/aromatic N) is 7. The van der Waals surface area contributed by atoms with Crippen LogP contribution in [-0.4, -0.2) is 34.1 Å². The number of rotatable bonds is 7. The molecule has 10 aromatic rings. The highest BCUT2D eigenvalue weighted by atomic mass is 19.1. The fourth-order valence-corrected chi connectivity index (χ4v) is 7.20. The lowest BCUT2D eigenvalue weighted by molar-refractivity contribution is 0.627. The lowest BCUT2D eigenvalue weighted by Crippen LogP contribution is -2.04. The molecule has 9 heteroatoms. The van der Waals surface area contributed by atoms with Gasteiger partial charge < -0.3 is 0 Å². The normalized spacial score (nSPS) is 11.4. The van der Waals surface area contributed by atoms with Crippen molar-refractivity contribution in [3.05, 3.63) is 188 Å². The van der Waals surface area contributed by atoms with Crippen molar-refractivity contribution in [3.8, 4) is 68.3 Å². The van der Waals surface area contributed by atoms with Crippen LogP contribution in [0.2, 0.25) is 0 Å². The molecule has 0 bridgehead atoms. The molecule has 3 heterocycles. The lowest BCUT2D eigenvalue weighted by Gasteiger charge is -2.15. The Labute approximate surface area is 319 Å². The fourth-order valence-electron chi connectivity index (χ4n) is 7.20. The Morgan fingerprint density at radius 2 is 0.696 bits per heavy atom. The Hall–Kier alpha value is -7.65. The maximum atomic E-state index is 14.2. The molecule has 0 radical (unpaired) electrons. The molecule has 0 spiro atoms. The van der Waals surface area contributed by atoms with Crippen LogP contribution in [0.3, 0.4) is 0 Å². The Morgan fingerprint density at radius 1 is 0.321 bits per heavy atom. The van der Waals surface area contributed by atoms with Gasteiger partial charge >= 0.3 is 0 Å². The third-order valence-corrected chi connectivity index (χ3v) is 9.78. The smallest absolute Gasteiger partial charge is 0.164 e. The highest BCUT2D eigenvalue weighted by Gasteiger charge is 2.23. The van der Waals surface area contributed by atoms with Crippen molar-refractivity contribution in [1.82, 2.24) is 34.1 Å². The third kappa shape index (κ3) is 5.79. The summed E-state index contributed by atoms with van der Waals surface area (Å²) in [6, 6.07) is 54.2. The van der Waals surface area contributed by atoms with E-state index in [1.165, 1.54) is 24.3 Å². The zero-order valence-corrected chi connectivity index (χ0v) is 29.6. The number of halogens is 2. The minimum absolute atomic E-state index is 0.320. The van der Waals surface area contributed by atoms with Gasteiger partial charge in [0.15, 0.2) is 17.5 Å². The van der Waals surface area contributed by atoms with Crippen LogP contribution in [-0.2, 0) is 0 Å². The molecule has 0 atom stereocenters. The molecular formula is C47H29F2N7. The molecule has 3 aromatic heterocycles. The standard InChI is InChI=1S/C47H29F2N7/c48-31-22-26-33(27-23-31)55-41-20-10-8-18-39(41)50-46(55)37-16-6-4-14-35(37)44-52-43(30-12-2-1-3-13-30)53-45(54-44)36-15-5-7-17-38(36)47-51-40-19-9-11-21-42(40)56(47)34-28-24-32(49)25-29-34/h1-29H. The Kier molecular flexibility index (Phi) is 8.03. The first-order valence-electron chi connectivity index (χ1n) is 18.1. The fraction of sp³-hybridized carbons (Fsp3) is 0. The molecule has 0 saturated carbocycles. The highest BCUT2D eigenvalue weighted by molar-refractivity contribution is 5.90. The van der Waals surface area contributed by atoms with Crippen molar-refractivity contribution < 1.29 is 8.78 Å². The van der Waals surface area contributed by atoms with Gasteiger partial charge in [-0.3, -0.25) is 9.13 Å². The monoisotopic (exact) mass is 729 g/mol. The van der Waals surface area contributed by atoms with E-state index in [9.17, 15) is 8.78 Å². The average Bonchev–Trinajstić information content (AvgIpc) is 3.84. The number of benzene rings is 7. The lowest BCUT2D eigenvalue weighted by atomic mass is 10.0. The largest absolute Gasteiger partial charge is 0.292 e. The topological polar surface area (TPSA) is 74.3 Å². The summed E-state index contributed by atoms with van der Waals surface area (Å²) < 4.78 is 32.4. The van der Waals surface area contributed by atoms with Crippen LogP contribution in [0.4, 0.5) is 8.78 Å². The molecule has 0 saturated heterocycles. The molecule has 266 valence electrons. The van der Waals surface area contributed by atoms with Gasteiger partial charge in [0, 0.05) is 39.2 Å². The molecule has 0 fully saturated rings. The van der Waals surface area contributed by atoms with Crippen molar-refractivity contribution in [3.63, 3.8) is 0 Å². The minimum Gasteiger partial charge on any atom is -0.292 e. The maximum absolute atomic E-state index is 14.2. The van der Waals surface area contributed by atoms with Crippen LogP contribution >= 0.6 is 0 Å². The number of hydrogen-bond acceptors (Lipinski definition) is 5. The zero-order valence-electron chi connectivity index (χ0n) is 29.6. The van der Waals surface area contributed by atoms with E-state index in [0.717, 1.165) is 61.3 Å². The first-order valence-corrected chi connectivity index (χ1v) is 18.1. The van der Waals surface area contributed by atoms with Crippen LogP contribution in [0.25, 0.3) is 90.4 Å². The van der Waals surface area contributed by atoms with Gasteiger partial charge in [-0.05, 0) is 72.8 Å². The SMILES string of the molecule is Fc1ccc(-n2c(-c3ccccc3-c3nc(-c4ccccc4)nc(-c4ccccc4-c4nc5ccccc5n4-c4ccc(F)cc4)n3)nc3ccccc32)cc1. The number of imidazole rings is 2. The quantitative estimate of drug-likeness (QED) is 0.163. The van der Waals surface area contributed by atoms with E-state index in [1.54, 1.807) is 24.3 Å². The van der Waals surface area contributed by atoms with Crippen LogP contribution in [0.15, 0.2) is 176 Å². The van der Waals surface area contributed by atoms with Crippen molar-refractivity contribution in [2.75, 3.05) is 0 Å². The van der Waals surface area contributed by atoms with E-state index in [-0.39, 0.29) is 11.6 Å². The third-order valence-electron chi connectivity index (χ3n) is 9.78. The van der Waals surface area contributed by atoms with Crippen LogP contribution in [0.5, 0.6) is 0 Å². The molecule has 0 aliphatic heterocycles. The van der Waals surface area contributed by atoms with Gasteiger partial charge in [0.25, 0.3) is 0 Å². The molecule has 7 aromatic carbocycles. The summed E-state index contributed by atoms with van der Waals surface area (Å²) >= 11 is 0. The van der Waals surface area contributed by atoms with Crippen molar-refractivity contribution in [2.45, 2.75) is 0 Å². The minimum atomic E-state index is -0.320. The van der Waals surface area contributed by atoms with Gasteiger partial charge in [0.2, 0.25) is 0 Å². The van der Waals surface area contributed by atoms with Crippen molar-refractivity contribution in [1.29, 1.82) is 0 Å². The van der Waals surface area contributed by atoms with Crippen LogP contribution in [0, 0.1) is 11.6 Å². The summed E-state index contributed by atoms with van der Waals surface area (Å²) in [6.07, 6.45) is 0. The second-order valence-electron chi connectivity index (χ2n) is 13.2. The highest BCUT2D eigenvalue weighted by Crippen LogP contribution is 2.38. The molecule has 0 N–H and O–H groups in total. The molecule has 0 aliphatic rings. The molecule has 0 unspecified atom stereocenters. The van der Waals surface area contributed by atoms with Crippen LogP contribution < -0.4 is 0 Å². The maximum Gasteiger partial charge on any atom is 0.164 e. The number of hydrogen-bond donors (Lipinski definition) is 0. The first kappa shape index (κ1) is 33.0. The predicted molar refractivity (Wildman–Crippen MR) is 216 cm³/mol. The van der Waals surface area contributed by atoms with E-state index in [2.05, 4.69) is 0 Å². The van der Waals surface area contributed by atoms with Crippen molar-refractivity contribution in [2.24, 2.45) is 0 Å². The summed E-state index contributed by atoms with van der Waals surface area (Å²) in [6.45, 7) is 0. The van der Waals surface area contributed by atoms with Gasteiger partial charge in [-0.15, -0.1) is 0 Å². The Balaban J connectivity index is 1.21. The van der Waals surface area contributed by atoms with E-state index in [1.807, 2.05) is 137 Å². The summed E-state index contributed by atoms with van der Waals surface area (Å²) in [5.74, 6) is 2.07. The van der Waals surface area contributed by atoms with E-state index in [4.69, 9.17) is 24.9 Å². The molecule has 0 aliphatic carbocycles. The number of aromatic nitrogens is 7. The number of fused-ring (bicyclic) bond motifs is 2. The molecular weight excluding hydrogens is 701 g/mol. The van der Waals surface area contributed by atoms with Gasteiger partial charge in [-0.1, -0.05) is 103 Å². The van der Waals surface area contributed by atoms with Gasteiger partial charge in [-0.25, -0.2) is 33.7 Å². The van der Waals surface area contributed by atoms with Crippen molar-refractivity contribution >= 4 is 22.1 Å². The second kappa shape index (κ2) is 13.6. The second-order valence-corrected chi connectivity index (χ2v) is 13.2. The molecule has 10 rings (SSSR count). The predicted octanol–water partition coefficient (Wildman–Crippen LogP) is 11.2. The summed E-state index contributed by atoms with van der Waals surface area (Å²) in [7, 11) is 0. The summed E-state index contributed by atoms with van der Waals surface area (Å²) in [5.41, 5.74) is 8.75.